The van der Waals surface area contributed by atoms with Gasteiger partial charge >= 0.3 is 6.18 Å². The lowest BCUT2D eigenvalue weighted by molar-refractivity contribution is -0.0884. The monoisotopic (exact) mass is 480 g/mol. The van der Waals surface area contributed by atoms with E-state index in [1.165, 1.54) is 18.2 Å². The molecular formula is C27H33F5N2. The van der Waals surface area contributed by atoms with Crippen molar-refractivity contribution in [1.82, 2.24) is 4.90 Å². The lowest BCUT2D eigenvalue weighted by Crippen LogP contribution is -2.38. The third-order valence-electron chi connectivity index (χ3n) is 5.60. The fourth-order valence-corrected chi connectivity index (χ4v) is 3.92. The third-order valence-corrected chi connectivity index (χ3v) is 5.60. The summed E-state index contributed by atoms with van der Waals surface area (Å²) in [7, 11) is 1.92. The van der Waals surface area contributed by atoms with E-state index in [9.17, 15) is 22.0 Å². The molecule has 1 N–H and O–H groups in total. The Morgan fingerprint density at radius 3 is 2.44 bits per heavy atom. The van der Waals surface area contributed by atoms with Gasteiger partial charge in [0.25, 0.3) is 0 Å². The van der Waals surface area contributed by atoms with Crippen molar-refractivity contribution in [1.29, 1.82) is 0 Å². The molecule has 1 aliphatic rings. The number of alkyl halides is 3. The van der Waals surface area contributed by atoms with Gasteiger partial charge in [-0.2, -0.15) is 13.2 Å². The molecule has 0 aliphatic carbocycles. The largest absolute Gasteiger partial charge is 0.416 e. The van der Waals surface area contributed by atoms with Gasteiger partial charge < -0.3 is 10.2 Å². The van der Waals surface area contributed by atoms with Crippen LogP contribution in [0.4, 0.5) is 27.6 Å². The zero-order chi connectivity index (χ0) is 25.5. The van der Waals surface area contributed by atoms with Crippen molar-refractivity contribution in [3.05, 3.63) is 88.2 Å². The summed E-state index contributed by atoms with van der Waals surface area (Å²) in [5, 5.41) is 3.26. The van der Waals surface area contributed by atoms with Crippen LogP contribution in [0.5, 0.6) is 0 Å². The molecule has 1 saturated heterocycles. The molecular weight excluding hydrogens is 447 g/mol. The number of hydrogen-bond acceptors (Lipinski definition) is 2. The maximum absolute atomic E-state index is 13.7. The predicted octanol–water partition coefficient (Wildman–Crippen LogP) is 8.09. The summed E-state index contributed by atoms with van der Waals surface area (Å²) in [6.45, 7) is 7.94. The topological polar surface area (TPSA) is 15.3 Å². The van der Waals surface area contributed by atoms with Crippen LogP contribution >= 0.6 is 0 Å². The van der Waals surface area contributed by atoms with Crippen molar-refractivity contribution in [2.45, 2.75) is 59.2 Å². The third kappa shape index (κ3) is 7.34. The maximum Gasteiger partial charge on any atom is 0.416 e. The van der Waals surface area contributed by atoms with E-state index < -0.39 is 23.4 Å². The molecule has 1 unspecified atom stereocenters. The summed E-state index contributed by atoms with van der Waals surface area (Å²) in [6, 6.07) is 3.45. The molecule has 0 spiro atoms. The van der Waals surface area contributed by atoms with Gasteiger partial charge in [0.15, 0.2) is 11.6 Å². The second-order valence-corrected chi connectivity index (χ2v) is 8.54. The molecule has 7 heteroatoms. The number of rotatable bonds is 7. The Morgan fingerprint density at radius 1 is 1.18 bits per heavy atom. The van der Waals surface area contributed by atoms with Crippen LogP contribution in [-0.2, 0) is 0 Å². The van der Waals surface area contributed by atoms with E-state index in [0.29, 0.717) is 16.8 Å². The highest BCUT2D eigenvalue weighted by Gasteiger charge is 2.32. The standard InChI is InChI=1S/C27H33F5N2/c1-6-9-19(15-20(10-7-2)27(30,31)32)22(18(3)4)17-26-25(11-8-14-34(26)5)33-21-12-13-23(28)24(29)16-21/h6,9-10,12-13,15-17,25,33H,7-8,11,14H2,1-5H3/b9-6-,19-15+,20-10-,26-17-. The molecule has 34 heavy (non-hydrogen) atoms. The molecule has 2 nitrogen and oxygen atoms in total. The van der Waals surface area contributed by atoms with Crippen LogP contribution in [0.1, 0.15) is 47.0 Å². The molecule has 1 heterocycles. The van der Waals surface area contributed by atoms with Crippen LogP contribution in [0.25, 0.3) is 0 Å². The van der Waals surface area contributed by atoms with Crippen molar-refractivity contribution >= 4 is 5.69 Å². The Morgan fingerprint density at radius 2 is 1.88 bits per heavy atom. The molecule has 0 aromatic heterocycles. The first-order valence-corrected chi connectivity index (χ1v) is 11.4. The summed E-state index contributed by atoms with van der Waals surface area (Å²) in [5.41, 5.74) is 2.63. The van der Waals surface area contributed by atoms with E-state index in [0.717, 1.165) is 42.8 Å². The summed E-state index contributed by atoms with van der Waals surface area (Å²) >= 11 is 0. The Labute approximate surface area is 199 Å². The molecule has 2 rings (SSSR count). The average Bonchev–Trinajstić information content (AvgIpc) is 2.74. The number of likely N-dealkylation sites (tertiary alicyclic amines) is 1. The number of benzene rings is 1. The molecule has 1 aliphatic heterocycles. The fourth-order valence-electron chi connectivity index (χ4n) is 3.92. The van der Waals surface area contributed by atoms with Crippen molar-refractivity contribution < 1.29 is 22.0 Å². The van der Waals surface area contributed by atoms with Crippen LogP contribution in [-0.4, -0.2) is 30.7 Å². The van der Waals surface area contributed by atoms with Gasteiger partial charge in [0, 0.05) is 31.0 Å². The number of allylic oxidation sites excluding steroid dienone is 9. The Bertz CT molecular complexity index is 1010. The predicted molar refractivity (Wildman–Crippen MR) is 129 cm³/mol. The van der Waals surface area contributed by atoms with E-state index in [1.54, 1.807) is 26.0 Å². The van der Waals surface area contributed by atoms with E-state index in [-0.39, 0.29) is 12.5 Å². The van der Waals surface area contributed by atoms with Crippen LogP contribution < -0.4 is 5.32 Å². The highest BCUT2D eigenvalue weighted by Crippen LogP contribution is 2.32. The summed E-state index contributed by atoms with van der Waals surface area (Å²) in [6.07, 6.45) is 5.10. The average molecular weight is 481 g/mol. The zero-order valence-electron chi connectivity index (χ0n) is 20.4. The van der Waals surface area contributed by atoms with E-state index in [1.807, 2.05) is 31.9 Å². The number of nitrogens with zero attached hydrogens (tertiary/aromatic N) is 1. The van der Waals surface area contributed by atoms with Crippen LogP contribution in [0.2, 0.25) is 0 Å². The summed E-state index contributed by atoms with van der Waals surface area (Å²) < 4.78 is 67.9. The molecule has 1 aromatic rings. The van der Waals surface area contributed by atoms with Gasteiger partial charge in [-0.1, -0.05) is 30.7 Å². The van der Waals surface area contributed by atoms with Gasteiger partial charge in [0.2, 0.25) is 0 Å². The Hall–Kier alpha value is -2.83. The van der Waals surface area contributed by atoms with Crippen molar-refractivity contribution in [2.75, 3.05) is 18.9 Å². The van der Waals surface area contributed by atoms with Crippen LogP contribution in [0.15, 0.2) is 76.6 Å². The zero-order valence-corrected chi connectivity index (χ0v) is 20.4. The van der Waals surface area contributed by atoms with Gasteiger partial charge in [0.1, 0.15) is 0 Å². The first-order valence-electron chi connectivity index (χ1n) is 11.4. The first kappa shape index (κ1) is 27.4. The van der Waals surface area contributed by atoms with Crippen LogP contribution in [0, 0.1) is 11.6 Å². The van der Waals surface area contributed by atoms with E-state index in [4.69, 9.17) is 0 Å². The van der Waals surface area contributed by atoms with Gasteiger partial charge in [-0.15, -0.1) is 0 Å². The van der Waals surface area contributed by atoms with Crippen LogP contribution in [0.3, 0.4) is 0 Å². The molecule has 0 amide bonds. The SMILES string of the molecule is C\C=C/C(=C\C(=C\CC)C(F)(F)F)C(/C=C1/C(Nc2ccc(F)c(F)c2)CCCN1C)=C(C)C. The van der Waals surface area contributed by atoms with Gasteiger partial charge in [-0.05, 0) is 75.5 Å². The number of halogens is 5. The number of anilines is 1. The molecule has 0 saturated carbocycles. The number of hydrogen-bond donors (Lipinski definition) is 1. The highest BCUT2D eigenvalue weighted by molar-refractivity contribution is 5.54. The first-order chi connectivity index (χ1) is 16.0. The second-order valence-electron chi connectivity index (χ2n) is 8.54. The minimum atomic E-state index is -4.46. The van der Waals surface area contributed by atoms with Gasteiger partial charge in [-0.3, -0.25) is 0 Å². The summed E-state index contributed by atoms with van der Waals surface area (Å²) in [5.74, 6) is -1.86. The second kappa shape index (κ2) is 12.0. The molecule has 1 aromatic carbocycles. The fraction of sp³-hybridized carbons (Fsp3) is 0.407. The minimum absolute atomic E-state index is 0.210. The molecule has 1 atom stereocenters. The van der Waals surface area contributed by atoms with Crippen molar-refractivity contribution in [3.8, 4) is 0 Å². The maximum atomic E-state index is 13.7. The lowest BCUT2D eigenvalue weighted by atomic mass is 9.93. The van der Waals surface area contributed by atoms with Gasteiger partial charge in [0.05, 0.1) is 11.6 Å². The van der Waals surface area contributed by atoms with Crippen molar-refractivity contribution in [3.63, 3.8) is 0 Å². The molecule has 1 fully saturated rings. The molecule has 186 valence electrons. The normalized spacial score (nSPS) is 19.2. The highest BCUT2D eigenvalue weighted by atomic mass is 19.4. The van der Waals surface area contributed by atoms with E-state index in [2.05, 4.69) is 5.32 Å². The summed E-state index contributed by atoms with van der Waals surface area (Å²) in [4.78, 5) is 2.05. The molecule has 0 bridgehead atoms. The number of likely N-dealkylation sites (N-methyl/N-ethyl adjacent to an activating group) is 1. The smallest absolute Gasteiger partial charge is 0.377 e. The molecule has 0 radical (unpaired) electrons. The Kier molecular flexibility index (Phi) is 9.71. The quantitative estimate of drug-likeness (QED) is 0.313. The van der Waals surface area contributed by atoms with E-state index >= 15 is 0 Å². The lowest BCUT2D eigenvalue weighted by Gasteiger charge is -2.36. The number of nitrogens with one attached hydrogen (secondary N) is 1. The van der Waals surface area contributed by atoms with Crippen molar-refractivity contribution in [2.24, 2.45) is 0 Å². The van der Waals surface area contributed by atoms with Gasteiger partial charge in [-0.25, -0.2) is 8.78 Å². The minimum Gasteiger partial charge on any atom is -0.377 e. The number of piperidine rings is 1. The Balaban J connectivity index is 2.56.